The summed E-state index contributed by atoms with van der Waals surface area (Å²) < 4.78 is 59.7. The molecule has 0 radical (unpaired) electrons. The first-order chi connectivity index (χ1) is 46.0. The Kier molecular flexibility index (Phi) is 23.0. The molecule has 0 spiro atoms. The molecule has 24 heteroatoms. The number of ether oxygens (including phenoxy) is 6. The first-order valence-corrected chi connectivity index (χ1v) is 32.7. The molecule has 2 atom stereocenters. The Balaban J connectivity index is 0.000000232. The number of nitrogens with zero attached hydrogens (tertiary/aromatic N) is 7. The molecule has 2 amide bonds. The monoisotopic (exact) mass is 1330 g/mol. The number of hydrogen-bond acceptors (Lipinski definition) is 21. The van der Waals surface area contributed by atoms with Gasteiger partial charge in [-0.2, -0.15) is 8.42 Å². The molecule has 0 saturated carbocycles. The summed E-state index contributed by atoms with van der Waals surface area (Å²) >= 11 is 0. The number of aryl methyl sites for hydroxylation is 2. The molecule has 0 saturated heterocycles. The molecule has 2 N–H and O–H groups in total. The number of carbonyl (C=O) groups is 5. The second-order valence-corrected chi connectivity index (χ2v) is 25.0. The maximum absolute atomic E-state index is 13.9. The fourth-order valence-electron chi connectivity index (χ4n) is 11.5. The van der Waals surface area contributed by atoms with Crippen molar-refractivity contribution in [1.82, 2.24) is 0 Å². The number of benzene rings is 7. The Morgan fingerprint density at radius 3 is 1.36 bits per heavy atom. The number of aliphatic hydroxyl groups excluding tert-OH is 2. The minimum Gasteiger partial charge on any atom is -0.493 e. The van der Waals surface area contributed by atoms with Crippen molar-refractivity contribution >= 4 is 92.1 Å². The molecule has 504 valence electrons. The van der Waals surface area contributed by atoms with Crippen molar-refractivity contribution in [1.29, 1.82) is 0 Å². The van der Waals surface area contributed by atoms with E-state index in [2.05, 4.69) is 15.5 Å². The van der Waals surface area contributed by atoms with Gasteiger partial charge in [-0.3, -0.25) is 47.9 Å². The van der Waals surface area contributed by atoms with Crippen LogP contribution in [0.25, 0.3) is 0 Å². The van der Waals surface area contributed by atoms with Crippen molar-refractivity contribution in [3.8, 4) is 17.2 Å². The molecule has 0 aromatic heterocycles. The smallest absolute Gasteiger partial charge is 0.325 e. The van der Waals surface area contributed by atoms with E-state index in [0.717, 1.165) is 86.5 Å². The minimum atomic E-state index is -3.49. The van der Waals surface area contributed by atoms with E-state index in [4.69, 9.17) is 43.3 Å². The Morgan fingerprint density at radius 2 is 0.927 bits per heavy atom. The summed E-state index contributed by atoms with van der Waals surface area (Å²) in [6.07, 6.45) is 6.90. The zero-order chi connectivity index (χ0) is 69.0. The maximum Gasteiger partial charge on any atom is 0.325 e. The van der Waals surface area contributed by atoms with E-state index >= 15 is 0 Å². The summed E-state index contributed by atoms with van der Waals surface area (Å²) in [5, 5.41) is 18.2. The number of aliphatic hydroxyl groups is 2. The number of amides is 2. The number of esters is 3. The fourth-order valence-corrected chi connectivity index (χ4v) is 11.8. The third-order valence-electron chi connectivity index (χ3n) is 16.5. The highest BCUT2D eigenvalue weighted by atomic mass is 32.2. The average molecular weight is 1330 g/mol. The fraction of sp³-hybridized carbons (Fsp3) is 0.319. The summed E-state index contributed by atoms with van der Waals surface area (Å²) in [5.74, 6) is 0.146. The van der Waals surface area contributed by atoms with Gasteiger partial charge in [0.1, 0.15) is 38.6 Å². The number of methoxy groups -OCH3 is 4. The van der Waals surface area contributed by atoms with Gasteiger partial charge < -0.3 is 53.3 Å². The highest BCUT2D eigenvalue weighted by Gasteiger charge is 2.38. The Morgan fingerprint density at radius 1 is 0.531 bits per heavy atom. The van der Waals surface area contributed by atoms with Gasteiger partial charge in [0.05, 0.1) is 89.1 Å². The van der Waals surface area contributed by atoms with E-state index in [1.807, 2.05) is 123 Å². The molecule has 0 aliphatic carbocycles. The lowest BCUT2D eigenvalue weighted by Gasteiger charge is -2.22. The second kappa shape index (κ2) is 31.4. The van der Waals surface area contributed by atoms with Crippen molar-refractivity contribution in [2.45, 2.75) is 78.2 Å². The molecule has 0 fully saturated rings. The highest BCUT2D eigenvalue weighted by Crippen LogP contribution is 2.43. The quantitative estimate of drug-likeness (QED) is 0.0364. The SMILES string of the molecule is CCc1cc(COS(C)(=O)=O)cc(N(C)CC(=O)OC)c1.COC(=O)CN(C)c1cc(CO)cc(CO)c1.COC(=O)CN(C)c1cc(COc2cc3c(cc2C)C(=O)N2c4ccccc4C[C@H]2C=N3)cc(COc2cc3c(cc2OC)C(=O)N2c4ccccc4C[C@H]2C=N3)c1. The average Bonchev–Trinajstić information content (AvgIpc) is 1.61. The number of likely N-dealkylation sites (N-methyl/N-ethyl adjacent to an activating group) is 3. The predicted octanol–water partition coefficient (Wildman–Crippen LogP) is 8.96. The zero-order valence-electron chi connectivity index (χ0n) is 55.4. The van der Waals surface area contributed by atoms with Crippen LogP contribution in [0.2, 0.25) is 0 Å². The summed E-state index contributed by atoms with van der Waals surface area (Å²) in [6.45, 7) is 4.29. The molecule has 7 aromatic carbocycles. The van der Waals surface area contributed by atoms with Crippen molar-refractivity contribution in [2.24, 2.45) is 9.98 Å². The molecule has 11 rings (SSSR count). The topological polar surface area (TPSA) is 265 Å². The molecular formula is C72H79N7O16S. The standard InChI is InChI=1S/C46H41N5O7.C14H21NO5S.C12H17NO4/c1-27-13-35-37(47-22-33-17-30-9-5-7-11-39(30)50(33)45(35)53)20-41(27)57-25-28-14-29(16-32(15-28)49(2)24-44(52)56-4)26-58-43-21-38-36(19-42(43)55-3)46(54)51-34(23-48-38)18-31-10-6-8-12-40(31)51;1-5-11-6-12(10-20-21(4,17)18)8-13(7-11)15(2)9-14(16)19-3;1-13(6-12(16)17-2)11-4-9(7-14)3-10(5-11)8-15/h5-16,19-23,33-34H,17-18,24-26H2,1-4H3;6-8H,5,9-10H2,1-4H3;3-5,14-15H,6-8H2,1-2H3/t33-,34-;;/m0../s1. The highest BCUT2D eigenvalue weighted by molar-refractivity contribution is 7.85. The van der Waals surface area contributed by atoms with Gasteiger partial charge >= 0.3 is 17.9 Å². The van der Waals surface area contributed by atoms with Gasteiger partial charge in [0.25, 0.3) is 21.9 Å². The van der Waals surface area contributed by atoms with Crippen molar-refractivity contribution in [2.75, 3.05) is 100.0 Å². The summed E-state index contributed by atoms with van der Waals surface area (Å²) in [6, 6.07) is 39.4. The van der Waals surface area contributed by atoms with Crippen LogP contribution in [-0.4, -0.2) is 148 Å². The summed E-state index contributed by atoms with van der Waals surface area (Å²) in [7, 11) is 7.41. The number of hydrogen-bond donors (Lipinski definition) is 2. The molecule has 23 nitrogen and oxygen atoms in total. The number of carbonyl (C=O) groups excluding carboxylic acids is 5. The molecule has 4 heterocycles. The maximum atomic E-state index is 13.9. The number of rotatable bonds is 22. The van der Waals surface area contributed by atoms with E-state index in [1.54, 1.807) is 77.2 Å². The van der Waals surface area contributed by atoms with Crippen LogP contribution in [0.15, 0.2) is 137 Å². The normalized spacial score (nSPS) is 14.5. The van der Waals surface area contributed by atoms with Gasteiger partial charge in [0.15, 0.2) is 11.5 Å². The Labute approximate surface area is 558 Å². The van der Waals surface area contributed by atoms with Crippen LogP contribution in [-0.2, 0) is 95.2 Å². The number of fused-ring (bicyclic) bond motifs is 8. The molecular weight excluding hydrogens is 1250 g/mol. The first kappa shape index (κ1) is 70.2. The molecule has 4 aliphatic rings. The van der Waals surface area contributed by atoms with Gasteiger partial charge in [0.2, 0.25) is 0 Å². The van der Waals surface area contributed by atoms with Gasteiger partial charge in [0, 0.05) is 87.0 Å². The molecule has 7 aromatic rings. The van der Waals surface area contributed by atoms with E-state index in [0.29, 0.717) is 57.3 Å². The van der Waals surface area contributed by atoms with Crippen LogP contribution in [0.1, 0.15) is 77.7 Å². The Hall–Kier alpha value is -10.1. The summed E-state index contributed by atoms with van der Waals surface area (Å²) in [5.41, 5.74) is 14.0. The van der Waals surface area contributed by atoms with Crippen LogP contribution in [0.4, 0.5) is 39.8 Å². The lowest BCUT2D eigenvalue weighted by Crippen LogP contribution is -2.37. The minimum absolute atomic E-state index is 0.0221. The van der Waals surface area contributed by atoms with Crippen LogP contribution < -0.4 is 38.7 Å². The largest absolute Gasteiger partial charge is 0.493 e. The number of para-hydroxylation sites is 2. The van der Waals surface area contributed by atoms with Crippen molar-refractivity contribution in [3.63, 3.8) is 0 Å². The Bertz CT molecular complexity index is 4210. The molecule has 0 unspecified atom stereocenters. The van der Waals surface area contributed by atoms with Crippen LogP contribution >= 0.6 is 0 Å². The van der Waals surface area contributed by atoms with E-state index in [1.165, 1.54) is 21.3 Å². The predicted molar refractivity (Wildman–Crippen MR) is 367 cm³/mol. The molecule has 96 heavy (non-hydrogen) atoms. The van der Waals surface area contributed by atoms with Crippen LogP contribution in [0, 0.1) is 6.92 Å². The molecule has 4 aliphatic heterocycles. The van der Waals surface area contributed by atoms with E-state index < -0.39 is 10.1 Å². The van der Waals surface area contributed by atoms with Crippen molar-refractivity contribution in [3.05, 3.63) is 189 Å². The van der Waals surface area contributed by atoms with Crippen LogP contribution in [0.3, 0.4) is 0 Å². The van der Waals surface area contributed by atoms with Gasteiger partial charge in [-0.15, -0.1) is 0 Å². The van der Waals surface area contributed by atoms with E-state index in [9.17, 15) is 32.4 Å². The van der Waals surface area contributed by atoms with Crippen molar-refractivity contribution < 1.29 is 75.2 Å². The van der Waals surface area contributed by atoms with Gasteiger partial charge in [-0.1, -0.05) is 55.5 Å². The number of anilines is 5. The van der Waals surface area contributed by atoms with E-state index in [-0.39, 0.29) is 94.5 Å². The van der Waals surface area contributed by atoms with Crippen LogP contribution in [0.5, 0.6) is 17.2 Å². The van der Waals surface area contributed by atoms with Gasteiger partial charge in [-0.05, 0) is 130 Å². The number of aliphatic imine (C=N–C) groups is 2. The lowest BCUT2D eigenvalue weighted by atomic mass is 10.1. The molecule has 0 bridgehead atoms. The summed E-state index contributed by atoms with van der Waals surface area (Å²) in [4.78, 5) is 80.9. The second-order valence-electron chi connectivity index (χ2n) is 23.4. The lowest BCUT2D eigenvalue weighted by molar-refractivity contribution is -0.139. The third-order valence-corrected chi connectivity index (χ3v) is 17.0. The van der Waals surface area contributed by atoms with Gasteiger partial charge in [-0.25, -0.2) is 0 Å². The first-order valence-electron chi connectivity index (χ1n) is 30.9. The zero-order valence-corrected chi connectivity index (χ0v) is 56.2. The third kappa shape index (κ3) is 17.0.